The van der Waals surface area contributed by atoms with E-state index < -0.39 is 75.5 Å². The number of hydrogen-bond donors (Lipinski definition) is 2. The van der Waals surface area contributed by atoms with Crippen LogP contribution in [0.3, 0.4) is 0 Å². The van der Waals surface area contributed by atoms with Gasteiger partial charge in [-0.2, -0.15) is 26.3 Å². The van der Waals surface area contributed by atoms with Gasteiger partial charge in [-0.25, -0.2) is 4.79 Å². The molecule has 2 aliphatic carbocycles. The highest BCUT2D eigenvalue weighted by Gasteiger charge is 2.51. The number of halogens is 6. The van der Waals surface area contributed by atoms with Crippen molar-refractivity contribution in [3.63, 3.8) is 0 Å². The molecule has 0 aromatic heterocycles. The molecule has 2 saturated carbocycles. The molecule has 2 unspecified atom stereocenters. The maximum Gasteiger partial charge on any atom is 0.417 e. The van der Waals surface area contributed by atoms with Gasteiger partial charge in [-0.1, -0.05) is 135 Å². The molecule has 5 aromatic carbocycles. The van der Waals surface area contributed by atoms with Crippen molar-refractivity contribution in [2.24, 2.45) is 0 Å². The van der Waals surface area contributed by atoms with E-state index in [-0.39, 0.29) is 92.2 Å². The number of carbonyl (C=O) groups is 6. The average molecular weight is 1250 g/mol. The third-order valence-corrected chi connectivity index (χ3v) is 17.2. The van der Waals surface area contributed by atoms with Crippen molar-refractivity contribution in [1.82, 2.24) is 20.4 Å². The Bertz CT molecular complexity index is 3420. The predicted octanol–water partition coefficient (Wildman–Crippen LogP) is 14.1. The lowest BCUT2D eigenvalue weighted by Crippen LogP contribution is -2.54. The number of amides is 6. The summed E-state index contributed by atoms with van der Waals surface area (Å²) in [6, 6.07) is 26.1. The van der Waals surface area contributed by atoms with Crippen LogP contribution in [-0.2, 0) is 49.3 Å². The molecule has 2 fully saturated rings. The number of carbonyl (C=O) groups excluding carboxylic acids is 6. The first-order valence-corrected chi connectivity index (χ1v) is 31.1. The van der Waals surface area contributed by atoms with Gasteiger partial charge < -0.3 is 44.4 Å². The molecule has 2 atom stereocenters. The molecule has 2 heterocycles. The van der Waals surface area contributed by atoms with Crippen LogP contribution in [0.1, 0.15) is 179 Å². The fourth-order valence-corrected chi connectivity index (χ4v) is 12.6. The van der Waals surface area contributed by atoms with Crippen LogP contribution in [0.15, 0.2) is 103 Å². The van der Waals surface area contributed by atoms with Crippen molar-refractivity contribution < 1.29 is 69.3 Å². The van der Waals surface area contributed by atoms with E-state index in [4.69, 9.17) is 14.2 Å². The molecule has 9 rings (SSSR count). The van der Waals surface area contributed by atoms with Crippen molar-refractivity contribution in [3.05, 3.63) is 153 Å². The predicted molar refractivity (Wildman–Crippen MR) is 330 cm³/mol. The molecular formula is C69H82F6N6O9. The molecule has 0 radical (unpaired) electrons. The molecule has 0 spiro atoms. The Morgan fingerprint density at radius 2 is 1.00 bits per heavy atom. The molecule has 21 heteroatoms. The second kappa shape index (κ2) is 28.4. The summed E-state index contributed by atoms with van der Waals surface area (Å²) in [5, 5.41) is 5.35. The maximum absolute atomic E-state index is 14.7. The third kappa shape index (κ3) is 15.2. The number of nitrogens with zero attached hydrogens (tertiary/aromatic N) is 4. The number of hydrogen-bond acceptors (Lipinski definition) is 9. The molecule has 0 bridgehead atoms. The van der Waals surface area contributed by atoms with Crippen LogP contribution >= 0.6 is 0 Å². The van der Waals surface area contributed by atoms with Gasteiger partial charge in [-0.05, 0) is 111 Å². The molecule has 4 aliphatic rings. The molecule has 5 aromatic rings. The van der Waals surface area contributed by atoms with Gasteiger partial charge in [0.05, 0.1) is 33.6 Å². The quantitative estimate of drug-likeness (QED) is 0.0861. The van der Waals surface area contributed by atoms with E-state index in [0.29, 0.717) is 24.0 Å². The zero-order valence-electron chi connectivity index (χ0n) is 52.7. The monoisotopic (exact) mass is 1250 g/mol. The minimum Gasteiger partial charge on any atom is -0.471 e. The van der Waals surface area contributed by atoms with Gasteiger partial charge in [-0.15, -0.1) is 0 Å². The van der Waals surface area contributed by atoms with Crippen molar-refractivity contribution in [1.29, 1.82) is 0 Å². The highest BCUT2D eigenvalue weighted by atomic mass is 19.4. The number of rotatable bonds is 17. The van der Waals surface area contributed by atoms with E-state index in [1.54, 1.807) is 80.8 Å². The summed E-state index contributed by atoms with van der Waals surface area (Å²) in [7, 11) is 0. The maximum atomic E-state index is 14.7. The topological polar surface area (TPSA) is 167 Å². The van der Waals surface area contributed by atoms with Crippen LogP contribution in [0.4, 0.5) is 42.5 Å². The molecule has 90 heavy (non-hydrogen) atoms. The first kappa shape index (κ1) is 67.8. The van der Waals surface area contributed by atoms with Crippen LogP contribution < -0.4 is 29.9 Å². The summed E-state index contributed by atoms with van der Waals surface area (Å²) in [6.07, 6.45) is -1.65. The first-order valence-electron chi connectivity index (χ1n) is 31.1. The number of fused-ring (bicyclic) bond motifs is 2. The number of alkyl carbamates (subject to hydrolysis) is 1. The zero-order valence-corrected chi connectivity index (χ0v) is 52.7. The van der Waals surface area contributed by atoms with E-state index in [2.05, 4.69) is 10.6 Å². The minimum atomic E-state index is -4.88. The second-order valence-corrected chi connectivity index (χ2v) is 24.5. The molecular weight excluding hydrogens is 1170 g/mol. The number of nitrogens with one attached hydrogen (secondary N) is 2. The van der Waals surface area contributed by atoms with E-state index in [9.17, 15) is 55.1 Å². The Kier molecular flexibility index (Phi) is 21.4. The Labute approximate surface area is 522 Å². The van der Waals surface area contributed by atoms with Crippen molar-refractivity contribution in [3.8, 4) is 11.5 Å². The zero-order chi connectivity index (χ0) is 65.5. The molecule has 2 aliphatic heterocycles. The van der Waals surface area contributed by atoms with E-state index >= 15 is 0 Å². The Balaban J connectivity index is 0.000000234. The lowest BCUT2D eigenvalue weighted by molar-refractivity contribution is -0.139. The number of alkyl halides is 6. The summed E-state index contributed by atoms with van der Waals surface area (Å²) in [4.78, 5) is 86.7. The number of benzene rings is 5. The van der Waals surface area contributed by atoms with Crippen LogP contribution in [0, 0.1) is 13.8 Å². The van der Waals surface area contributed by atoms with E-state index in [1.165, 1.54) is 23.6 Å². The van der Waals surface area contributed by atoms with Gasteiger partial charge >= 0.3 is 18.4 Å². The third-order valence-electron chi connectivity index (χ3n) is 17.2. The average Bonchev–Trinajstić information content (AvgIpc) is 0.778. The summed E-state index contributed by atoms with van der Waals surface area (Å²) in [5.41, 5.74) is -3.10. The number of anilines is 2. The normalized spacial score (nSPS) is 18.8. The van der Waals surface area contributed by atoms with Gasteiger partial charge in [0, 0.05) is 67.9 Å². The first-order chi connectivity index (χ1) is 42.6. The van der Waals surface area contributed by atoms with Crippen molar-refractivity contribution in [2.45, 2.75) is 187 Å². The summed E-state index contributed by atoms with van der Waals surface area (Å²) in [5.74, 6) is -3.08. The Morgan fingerprint density at radius 1 is 0.589 bits per heavy atom. The standard InChI is InChI=1S/C37H42F3N3O5.C32H40F3N3O4/c1-24(2)43(28-16-9-6-10-17-28)33(44)29-21-31-32(22-30(29)37(38,39)40)48-36(4,27-15-11-12-25(3)20-27)34(45)42(31)19-18-41-35(46)47-23-26-13-7-5-8-14-26;1-6-28(39)36-15-16-37-26-18-24(29(40)38(20(2)3)23-13-8-7-9-14-23)25(32(33,34)35)19-27(26)42-31(5,30(37)41)22-12-10-11-21(4)17-22/h5,7-8,11-15,20-22,24,28H,6,9-10,16-19,23H2,1-4H3,(H,41,46);10-12,17-20,23H,6-9,13-16H2,1-5H3,(H,36,39). The van der Waals surface area contributed by atoms with Gasteiger partial charge in [0.1, 0.15) is 18.1 Å². The molecule has 0 saturated heterocycles. The lowest BCUT2D eigenvalue weighted by atomic mass is 9.89. The lowest BCUT2D eigenvalue weighted by Gasteiger charge is -2.42. The SMILES string of the molecule is CCC(=O)NCCN1C(=O)C(C)(c2cccc(C)c2)Oc2cc(C(F)(F)F)c(C(=O)N(C(C)C)C3CCCCC3)cc21.Cc1cccc(C2(C)Oc3cc(C(F)(F)F)c(C(=O)N(C(C)C)C4CCCCC4)cc3N(CCNC(=O)OCc3ccccc3)C2=O)c1. The van der Waals surface area contributed by atoms with E-state index in [0.717, 1.165) is 92.3 Å². The Morgan fingerprint density at radius 3 is 1.38 bits per heavy atom. The van der Waals surface area contributed by atoms with Crippen LogP contribution in [0.2, 0.25) is 0 Å². The summed E-state index contributed by atoms with van der Waals surface area (Å²) < 4.78 is 106. The molecule has 484 valence electrons. The smallest absolute Gasteiger partial charge is 0.417 e. The van der Waals surface area contributed by atoms with Gasteiger partial charge in [0.25, 0.3) is 23.6 Å². The highest BCUT2D eigenvalue weighted by molar-refractivity contribution is 6.07. The van der Waals surface area contributed by atoms with Crippen molar-refractivity contribution in [2.75, 3.05) is 36.0 Å². The van der Waals surface area contributed by atoms with Crippen LogP contribution in [0.5, 0.6) is 11.5 Å². The largest absolute Gasteiger partial charge is 0.471 e. The minimum absolute atomic E-state index is 0.0160. The van der Waals surface area contributed by atoms with Gasteiger partial charge in [0.2, 0.25) is 17.1 Å². The van der Waals surface area contributed by atoms with Crippen LogP contribution in [-0.4, -0.2) is 95.8 Å². The second-order valence-electron chi connectivity index (χ2n) is 24.5. The Hall–Kier alpha value is -8.10. The molecule has 6 amide bonds. The fourth-order valence-electron chi connectivity index (χ4n) is 12.6. The summed E-state index contributed by atoms with van der Waals surface area (Å²) in [6.45, 7) is 15.5. The van der Waals surface area contributed by atoms with Gasteiger partial charge in [0.15, 0.2) is 0 Å². The van der Waals surface area contributed by atoms with Crippen molar-refractivity contribution >= 4 is 47.0 Å². The number of ether oxygens (including phenoxy) is 3. The van der Waals surface area contributed by atoms with Gasteiger partial charge in [-0.3, -0.25) is 24.0 Å². The highest BCUT2D eigenvalue weighted by Crippen LogP contribution is 2.49. The molecule has 2 N–H and O–H groups in total. The van der Waals surface area contributed by atoms with Crippen LogP contribution in [0.25, 0.3) is 0 Å². The number of aryl methyl sites for hydroxylation is 2. The molecule has 15 nitrogen and oxygen atoms in total. The summed E-state index contributed by atoms with van der Waals surface area (Å²) >= 11 is 0. The fraction of sp³-hybridized carbons (Fsp3) is 0.478. The van der Waals surface area contributed by atoms with E-state index in [1.807, 2.05) is 56.3 Å².